The van der Waals surface area contributed by atoms with Gasteiger partial charge in [0.1, 0.15) is 11.4 Å². The van der Waals surface area contributed by atoms with Gasteiger partial charge in [-0.15, -0.1) is 0 Å². The molecule has 0 bridgehead atoms. The number of aromatic nitrogens is 1. The molecule has 0 aromatic carbocycles. The zero-order valence-corrected chi connectivity index (χ0v) is 9.56. The Morgan fingerprint density at radius 1 is 1.69 bits per heavy atom. The van der Waals surface area contributed by atoms with E-state index in [1.807, 2.05) is 0 Å². The van der Waals surface area contributed by atoms with Crippen molar-refractivity contribution in [2.75, 3.05) is 11.9 Å². The zero-order valence-electron chi connectivity index (χ0n) is 9.56. The van der Waals surface area contributed by atoms with Gasteiger partial charge >= 0.3 is 5.97 Å². The summed E-state index contributed by atoms with van der Waals surface area (Å²) in [6.45, 7) is 4.35. The van der Waals surface area contributed by atoms with Crippen LogP contribution in [-0.4, -0.2) is 23.6 Å². The number of pyridine rings is 1. The van der Waals surface area contributed by atoms with E-state index in [9.17, 15) is 4.79 Å². The molecule has 1 N–H and O–H groups in total. The molecule has 1 heterocycles. The van der Waals surface area contributed by atoms with Crippen LogP contribution in [0.1, 0.15) is 30.6 Å². The molecule has 2 rings (SSSR count). The molecule has 4 heteroatoms. The predicted octanol–water partition coefficient (Wildman–Crippen LogP) is 2.08. The lowest BCUT2D eigenvalue weighted by molar-refractivity contribution is 0.0527. The predicted molar refractivity (Wildman–Crippen MR) is 61.4 cm³/mol. The summed E-state index contributed by atoms with van der Waals surface area (Å²) in [6.07, 6.45) is 2.82. The summed E-state index contributed by atoms with van der Waals surface area (Å²) in [4.78, 5) is 15.8. The molecule has 0 amide bonds. The van der Waals surface area contributed by atoms with E-state index in [-0.39, 0.29) is 5.97 Å². The molecule has 16 heavy (non-hydrogen) atoms. The van der Waals surface area contributed by atoms with Crippen LogP contribution in [0.5, 0.6) is 0 Å². The van der Waals surface area contributed by atoms with Gasteiger partial charge in [0.15, 0.2) is 0 Å². The van der Waals surface area contributed by atoms with Gasteiger partial charge in [0.2, 0.25) is 0 Å². The smallest absolute Gasteiger partial charge is 0.341 e. The van der Waals surface area contributed by atoms with E-state index < -0.39 is 0 Å². The molecule has 86 valence electrons. The Bertz CT molecular complexity index is 392. The van der Waals surface area contributed by atoms with Crippen molar-refractivity contribution in [3.8, 4) is 0 Å². The van der Waals surface area contributed by atoms with Crippen molar-refractivity contribution in [3.05, 3.63) is 23.9 Å². The summed E-state index contributed by atoms with van der Waals surface area (Å²) in [7, 11) is 0. The number of nitrogens with one attached hydrogen (secondary N) is 1. The van der Waals surface area contributed by atoms with E-state index in [1.54, 1.807) is 25.3 Å². The van der Waals surface area contributed by atoms with E-state index >= 15 is 0 Å². The lowest BCUT2D eigenvalue weighted by Crippen LogP contribution is -2.13. The maximum absolute atomic E-state index is 11.6. The molecule has 0 spiro atoms. The average molecular weight is 220 g/mol. The lowest BCUT2D eigenvalue weighted by atomic mass is 10.2. The van der Waals surface area contributed by atoms with E-state index in [2.05, 4.69) is 17.2 Å². The SMILES string of the molecule is CCOC(=O)c1cccnc1NC1CC1C. The highest BCUT2D eigenvalue weighted by molar-refractivity contribution is 5.94. The van der Waals surface area contributed by atoms with Crippen molar-refractivity contribution < 1.29 is 9.53 Å². The van der Waals surface area contributed by atoms with Crippen LogP contribution >= 0.6 is 0 Å². The van der Waals surface area contributed by atoms with Crippen LogP contribution in [0.2, 0.25) is 0 Å². The highest BCUT2D eigenvalue weighted by Crippen LogP contribution is 2.32. The van der Waals surface area contributed by atoms with Crippen LogP contribution in [0.25, 0.3) is 0 Å². The standard InChI is InChI=1S/C12H16N2O2/c1-3-16-12(15)9-5-4-6-13-11(9)14-10-7-8(10)2/h4-6,8,10H,3,7H2,1-2H3,(H,13,14). The maximum Gasteiger partial charge on any atom is 0.341 e. The summed E-state index contributed by atoms with van der Waals surface area (Å²) in [5.74, 6) is 0.985. The second-order valence-corrected chi connectivity index (χ2v) is 4.08. The minimum absolute atomic E-state index is 0.314. The Hall–Kier alpha value is -1.58. The molecular weight excluding hydrogens is 204 g/mol. The normalized spacial score (nSPS) is 22.6. The van der Waals surface area contributed by atoms with E-state index in [0.717, 1.165) is 6.42 Å². The van der Waals surface area contributed by atoms with Crippen molar-refractivity contribution in [2.24, 2.45) is 5.92 Å². The molecule has 2 unspecified atom stereocenters. The number of anilines is 1. The summed E-state index contributed by atoms with van der Waals surface area (Å²) >= 11 is 0. The number of hydrogen-bond acceptors (Lipinski definition) is 4. The minimum atomic E-state index is -0.314. The first-order chi connectivity index (χ1) is 7.72. The number of ether oxygens (including phenoxy) is 1. The van der Waals surface area contributed by atoms with Gasteiger partial charge in [0, 0.05) is 12.2 Å². The molecule has 1 aliphatic carbocycles. The van der Waals surface area contributed by atoms with Crippen molar-refractivity contribution in [1.82, 2.24) is 4.98 Å². The summed E-state index contributed by atoms with van der Waals surface area (Å²) in [5.41, 5.74) is 0.517. The van der Waals surface area contributed by atoms with Crippen LogP contribution in [0.15, 0.2) is 18.3 Å². The molecule has 1 aromatic rings. The molecule has 1 saturated carbocycles. The zero-order chi connectivity index (χ0) is 11.5. The number of carbonyl (C=O) groups excluding carboxylic acids is 1. The van der Waals surface area contributed by atoms with E-state index in [0.29, 0.717) is 29.9 Å². The van der Waals surface area contributed by atoms with Gasteiger partial charge in [-0.3, -0.25) is 0 Å². The third kappa shape index (κ3) is 2.32. The second kappa shape index (κ2) is 4.51. The Balaban J connectivity index is 2.13. The third-order valence-electron chi connectivity index (χ3n) is 2.73. The van der Waals surface area contributed by atoms with Gasteiger partial charge in [0.05, 0.1) is 6.61 Å². The monoisotopic (exact) mass is 220 g/mol. The van der Waals surface area contributed by atoms with Crippen molar-refractivity contribution >= 4 is 11.8 Å². The van der Waals surface area contributed by atoms with E-state index in [4.69, 9.17) is 4.74 Å². The van der Waals surface area contributed by atoms with E-state index in [1.165, 1.54) is 0 Å². The van der Waals surface area contributed by atoms with Crippen LogP contribution in [0, 0.1) is 5.92 Å². The Labute approximate surface area is 95.0 Å². The Kier molecular flexibility index (Phi) is 3.08. The first-order valence-electron chi connectivity index (χ1n) is 5.61. The number of esters is 1. The number of carbonyl (C=O) groups is 1. The van der Waals surface area contributed by atoms with Crippen LogP contribution < -0.4 is 5.32 Å². The first-order valence-corrected chi connectivity index (χ1v) is 5.61. The summed E-state index contributed by atoms with van der Waals surface area (Å²) in [5, 5.41) is 3.26. The maximum atomic E-state index is 11.6. The van der Waals surface area contributed by atoms with Gasteiger partial charge < -0.3 is 10.1 Å². The largest absolute Gasteiger partial charge is 0.462 e. The van der Waals surface area contributed by atoms with Gasteiger partial charge in [-0.1, -0.05) is 6.92 Å². The van der Waals surface area contributed by atoms with Gasteiger partial charge in [-0.2, -0.15) is 0 Å². The quantitative estimate of drug-likeness (QED) is 0.789. The highest BCUT2D eigenvalue weighted by atomic mass is 16.5. The first kappa shape index (κ1) is 10.9. The molecule has 1 aromatic heterocycles. The molecule has 2 atom stereocenters. The van der Waals surface area contributed by atoms with Crippen molar-refractivity contribution in [2.45, 2.75) is 26.3 Å². The summed E-state index contributed by atoms with van der Waals surface area (Å²) in [6, 6.07) is 3.93. The molecule has 4 nitrogen and oxygen atoms in total. The fourth-order valence-corrected chi connectivity index (χ4v) is 1.59. The van der Waals surface area contributed by atoms with Gasteiger partial charge in [0.25, 0.3) is 0 Å². The molecular formula is C12H16N2O2. The molecule has 0 aliphatic heterocycles. The van der Waals surface area contributed by atoms with Gasteiger partial charge in [-0.05, 0) is 31.4 Å². The van der Waals surface area contributed by atoms with Crippen molar-refractivity contribution in [1.29, 1.82) is 0 Å². The van der Waals surface area contributed by atoms with Crippen LogP contribution in [0.4, 0.5) is 5.82 Å². The number of rotatable bonds is 4. The topological polar surface area (TPSA) is 51.2 Å². The average Bonchev–Trinajstić information content (AvgIpc) is 2.95. The minimum Gasteiger partial charge on any atom is -0.462 e. The molecule has 0 radical (unpaired) electrons. The fourth-order valence-electron chi connectivity index (χ4n) is 1.59. The summed E-state index contributed by atoms with van der Waals surface area (Å²) < 4.78 is 4.98. The number of hydrogen-bond donors (Lipinski definition) is 1. The Morgan fingerprint density at radius 3 is 3.06 bits per heavy atom. The molecule has 1 aliphatic rings. The lowest BCUT2D eigenvalue weighted by Gasteiger charge is -2.09. The second-order valence-electron chi connectivity index (χ2n) is 4.08. The Morgan fingerprint density at radius 2 is 2.44 bits per heavy atom. The van der Waals surface area contributed by atoms with Crippen molar-refractivity contribution in [3.63, 3.8) is 0 Å². The fraction of sp³-hybridized carbons (Fsp3) is 0.500. The van der Waals surface area contributed by atoms with Crippen LogP contribution in [-0.2, 0) is 4.74 Å². The number of nitrogens with zero attached hydrogens (tertiary/aromatic N) is 1. The molecule has 1 fully saturated rings. The third-order valence-corrected chi connectivity index (χ3v) is 2.73. The van der Waals surface area contributed by atoms with Gasteiger partial charge in [-0.25, -0.2) is 9.78 Å². The molecule has 0 saturated heterocycles. The highest BCUT2D eigenvalue weighted by Gasteiger charge is 2.33. The van der Waals surface area contributed by atoms with Crippen LogP contribution in [0.3, 0.4) is 0 Å².